The van der Waals surface area contributed by atoms with E-state index in [9.17, 15) is 4.79 Å². The molecule has 0 radical (unpaired) electrons. The van der Waals surface area contributed by atoms with Gasteiger partial charge in [0.25, 0.3) is 0 Å². The summed E-state index contributed by atoms with van der Waals surface area (Å²) < 4.78 is 11.4. The number of nitrogens with zero attached hydrogens (tertiary/aromatic N) is 2. The molecule has 1 spiro atoms. The molecule has 184 valence electrons. The second-order valence-corrected chi connectivity index (χ2v) is 9.79. The third-order valence-corrected chi connectivity index (χ3v) is 6.67. The number of carbonyl (C=O) groups excluding carboxylic acids is 1. The Hall–Kier alpha value is -0.650. The van der Waals surface area contributed by atoms with E-state index in [4.69, 9.17) is 9.47 Å². The maximum absolute atomic E-state index is 12.3. The molecule has 5 nitrogen and oxygen atoms in total. The zero-order chi connectivity index (χ0) is 23.6. The Morgan fingerprint density at radius 3 is 2.06 bits per heavy atom. The molecule has 1 amide bonds. The molecule has 3 rings (SSSR count). The summed E-state index contributed by atoms with van der Waals surface area (Å²) >= 11 is 0. The van der Waals surface area contributed by atoms with Crippen LogP contribution in [0.3, 0.4) is 0 Å². The fourth-order valence-corrected chi connectivity index (χ4v) is 4.95. The van der Waals surface area contributed by atoms with Crippen LogP contribution in [-0.4, -0.2) is 72.8 Å². The van der Waals surface area contributed by atoms with Gasteiger partial charge in [0.1, 0.15) is 0 Å². The van der Waals surface area contributed by atoms with Gasteiger partial charge >= 0.3 is 0 Å². The van der Waals surface area contributed by atoms with Crippen LogP contribution in [0, 0.1) is 5.41 Å². The van der Waals surface area contributed by atoms with Crippen LogP contribution in [0.5, 0.6) is 0 Å². The number of unbranched alkanes of at least 4 members (excludes halogenated alkanes) is 1. The van der Waals surface area contributed by atoms with Crippen LogP contribution < -0.4 is 0 Å². The zero-order valence-corrected chi connectivity index (χ0v) is 22.1. The van der Waals surface area contributed by atoms with Crippen LogP contribution in [0.25, 0.3) is 0 Å². The summed E-state index contributed by atoms with van der Waals surface area (Å²) in [6.45, 7) is 19.1. The van der Waals surface area contributed by atoms with Gasteiger partial charge in [0.2, 0.25) is 5.91 Å². The number of ether oxygens (including phenoxy) is 2. The number of hydrogen-bond donors (Lipinski definition) is 0. The molecule has 31 heavy (non-hydrogen) atoms. The van der Waals surface area contributed by atoms with Gasteiger partial charge in [-0.25, -0.2) is 0 Å². The lowest BCUT2D eigenvalue weighted by Gasteiger charge is -2.62. The molecular formula is C26H52N2O3. The van der Waals surface area contributed by atoms with Crippen molar-refractivity contribution >= 4 is 5.91 Å². The Morgan fingerprint density at radius 2 is 1.55 bits per heavy atom. The fraction of sp³-hybridized carbons (Fsp3) is 0.962. The molecule has 0 unspecified atom stereocenters. The van der Waals surface area contributed by atoms with Crippen molar-refractivity contribution in [2.24, 2.45) is 5.41 Å². The Balaban J connectivity index is 0.00000113. The number of carbonyl (C=O) groups is 1. The third-order valence-electron chi connectivity index (χ3n) is 6.67. The topological polar surface area (TPSA) is 42.0 Å². The van der Waals surface area contributed by atoms with E-state index in [0.717, 1.165) is 32.5 Å². The highest BCUT2D eigenvalue weighted by Crippen LogP contribution is 2.51. The van der Waals surface area contributed by atoms with E-state index in [2.05, 4.69) is 44.5 Å². The lowest BCUT2D eigenvalue weighted by molar-refractivity contribution is -0.162. The number of likely N-dealkylation sites (tertiary alicyclic amines) is 1. The van der Waals surface area contributed by atoms with Crippen molar-refractivity contribution in [3.05, 3.63) is 0 Å². The lowest BCUT2D eigenvalue weighted by atomic mass is 9.59. The van der Waals surface area contributed by atoms with Gasteiger partial charge in [0, 0.05) is 43.6 Å². The highest BCUT2D eigenvalue weighted by Gasteiger charge is 2.55. The Labute approximate surface area is 193 Å². The average molecular weight is 441 g/mol. The molecule has 1 aliphatic heterocycles. The Kier molecular flexibility index (Phi) is 12.6. The van der Waals surface area contributed by atoms with Crippen molar-refractivity contribution in [1.82, 2.24) is 9.80 Å². The first-order valence-corrected chi connectivity index (χ1v) is 13.0. The quantitative estimate of drug-likeness (QED) is 0.420. The molecule has 5 heteroatoms. The number of hydrogen-bond acceptors (Lipinski definition) is 4. The van der Waals surface area contributed by atoms with Gasteiger partial charge in [-0.3, -0.25) is 4.79 Å². The van der Waals surface area contributed by atoms with Crippen molar-refractivity contribution in [3.63, 3.8) is 0 Å². The summed E-state index contributed by atoms with van der Waals surface area (Å²) in [6.07, 6.45) is 8.61. The molecule has 2 aliphatic carbocycles. The predicted octanol–water partition coefficient (Wildman–Crippen LogP) is 5.51. The van der Waals surface area contributed by atoms with Gasteiger partial charge in [-0.15, -0.1) is 0 Å². The minimum atomic E-state index is 0.286. The van der Waals surface area contributed by atoms with Gasteiger partial charge in [-0.1, -0.05) is 27.7 Å². The largest absolute Gasteiger partial charge is 0.379 e. The van der Waals surface area contributed by atoms with E-state index >= 15 is 0 Å². The molecule has 2 saturated carbocycles. The van der Waals surface area contributed by atoms with Crippen molar-refractivity contribution in [3.8, 4) is 0 Å². The van der Waals surface area contributed by atoms with Crippen LogP contribution in [0.15, 0.2) is 0 Å². The van der Waals surface area contributed by atoms with Crippen molar-refractivity contribution in [2.75, 3.05) is 26.7 Å². The molecule has 1 heterocycles. The molecule has 1 saturated heterocycles. The van der Waals surface area contributed by atoms with Gasteiger partial charge in [0.15, 0.2) is 0 Å². The van der Waals surface area contributed by atoms with E-state index in [-0.39, 0.29) is 6.10 Å². The first-order valence-electron chi connectivity index (χ1n) is 13.0. The average Bonchev–Trinajstić information content (AvgIpc) is 2.64. The number of rotatable bonds is 10. The maximum Gasteiger partial charge on any atom is 0.222 e. The Bertz CT molecular complexity index is 489. The molecule has 0 bridgehead atoms. The van der Waals surface area contributed by atoms with Crippen molar-refractivity contribution in [1.29, 1.82) is 0 Å². The van der Waals surface area contributed by atoms with Gasteiger partial charge in [0.05, 0.1) is 18.3 Å². The van der Waals surface area contributed by atoms with Gasteiger partial charge in [-0.05, 0) is 73.3 Å². The van der Waals surface area contributed by atoms with Gasteiger partial charge in [-0.2, -0.15) is 0 Å². The fourth-order valence-electron chi connectivity index (χ4n) is 4.95. The van der Waals surface area contributed by atoms with Crippen molar-refractivity contribution < 1.29 is 14.3 Å². The van der Waals surface area contributed by atoms with Crippen LogP contribution >= 0.6 is 0 Å². The predicted molar refractivity (Wildman–Crippen MR) is 130 cm³/mol. The van der Waals surface area contributed by atoms with E-state index < -0.39 is 0 Å². The van der Waals surface area contributed by atoms with E-state index in [1.54, 1.807) is 0 Å². The van der Waals surface area contributed by atoms with Crippen LogP contribution in [-0.2, 0) is 14.3 Å². The summed E-state index contributed by atoms with van der Waals surface area (Å²) in [5.74, 6) is 0.342. The molecule has 3 aliphatic rings. The molecule has 0 N–H and O–H groups in total. The molecule has 3 fully saturated rings. The third kappa shape index (κ3) is 8.33. The minimum absolute atomic E-state index is 0.286. The van der Waals surface area contributed by atoms with E-state index in [1.807, 2.05) is 27.7 Å². The second-order valence-electron chi connectivity index (χ2n) is 9.79. The monoisotopic (exact) mass is 440 g/mol. The SMILES string of the molecule is CC.CC.CC(C)OCCCCC(=O)N1CC2(CC(N(C)C3CC(OC(C)C)C3)C2)C1. The summed E-state index contributed by atoms with van der Waals surface area (Å²) in [6, 6.07) is 1.41. The standard InChI is InChI=1S/C22H40N2O3.2C2H6/c1-16(2)26-9-7-6-8-21(25)24-14-22(15-24)12-19(13-22)23(5)18-10-20(11-18)27-17(3)4;2*1-2/h16-20H,6-15H2,1-5H3;2*1-2H3. The summed E-state index contributed by atoms with van der Waals surface area (Å²) in [5.41, 5.74) is 0.437. The first kappa shape index (κ1) is 28.4. The summed E-state index contributed by atoms with van der Waals surface area (Å²) in [5, 5.41) is 0. The van der Waals surface area contributed by atoms with Crippen LogP contribution in [0.4, 0.5) is 0 Å². The molecule has 0 aromatic rings. The number of amides is 1. The lowest BCUT2D eigenvalue weighted by Crippen LogP contribution is -2.68. The summed E-state index contributed by atoms with van der Waals surface area (Å²) in [4.78, 5) is 17.0. The molecule has 0 aromatic carbocycles. The highest BCUT2D eigenvalue weighted by molar-refractivity contribution is 5.77. The van der Waals surface area contributed by atoms with Gasteiger partial charge < -0.3 is 19.3 Å². The maximum atomic E-state index is 12.3. The van der Waals surface area contributed by atoms with Crippen LogP contribution in [0.1, 0.15) is 100 Å². The minimum Gasteiger partial charge on any atom is -0.379 e. The molecule has 0 atom stereocenters. The molecule has 0 aromatic heterocycles. The Morgan fingerprint density at radius 1 is 0.968 bits per heavy atom. The summed E-state index contributed by atoms with van der Waals surface area (Å²) in [7, 11) is 2.29. The van der Waals surface area contributed by atoms with Crippen molar-refractivity contribution in [2.45, 2.75) is 131 Å². The first-order chi connectivity index (χ1) is 14.8. The van der Waals surface area contributed by atoms with E-state index in [0.29, 0.717) is 42.0 Å². The second kappa shape index (κ2) is 13.8. The smallest absolute Gasteiger partial charge is 0.222 e. The molecular weight excluding hydrogens is 388 g/mol. The normalized spacial score (nSPS) is 24.1. The zero-order valence-electron chi connectivity index (χ0n) is 22.1. The van der Waals surface area contributed by atoms with E-state index in [1.165, 1.54) is 25.7 Å². The van der Waals surface area contributed by atoms with Crippen LogP contribution in [0.2, 0.25) is 0 Å². The highest BCUT2D eigenvalue weighted by atomic mass is 16.5.